The lowest BCUT2D eigenvalue weighted by Crippen LogP contribution is -2.50. The molecule has 224 valence electrons. The third-order valence-electron chi connectivity index (χ3n) is 10.5. The van der Waals surface area contributed by atoms with Gasteiger partial charge >= 0.3 is 0 Å². The highest BCUT2D eigenvalue weighted by Gasteiger charge is 2.27. The van der Waals surface area contributed by atoms with Crippen molar-refractivity contribution in [1.82, 2.24) is 24.5 Å². The van der Waals surface area contributed by atoms with Crippen molar-refractivity contribution < 1.29 is 0 Å². The highest BCUT2D eigenvalue weighted by molar-refractivity contribution is 4.81. The van der Waals surface area contributed by atoms with Crippen LogP contribution in [0.3, 0.4) is 0 Å². The highest BCUT2D eigenvalue weighted by atomic mass is 15.3. The minimum Gasteiger partial charge on any atom is -0.303 e. The molecular formula is C33H67N5. The van der Waals surface area contributed by atoms with Gasteiger partial charge in [-0.05, 0) is 143 Å². The number of piperazine rings is 1. The van der Waals surface area contributed by atoms with Gasteiger partial charge in [0, 0.05) is 57.4 Å². The average molecular weight is 534 g/mol. The molecule has 4 aliphatic heterocycles. The molecule has 0 spiro atoms. The largest absolute Gasteiger partial charge is 0.303 e. The summed E-state index contributed by atoms with van der Waals surface area (Å²) < 4.78 is 0. The number of hydrogen-bond acceptors (Lipinski definition) is 5. The predicted octanol–water partition coefficient (Wildman–Crippen LogP) is 5.61. The second kappa shape index (κ2) is 16.3. The minimum atomic E-state index is 0.719. The standard InChI is InChI=1S/C17H34N2.C16H33N3/c1-14(2)17-7-9-18(10-8-17)13-16-5-11-19(12-6-16)15(3)4;1-14(2)18-7-5-16(6-8-18)13-17-9-11-19(12-10-17)15(3)4/h14-17H,5-13H2,1-4H3;14-16H,5-13H2,1-4H3. The van der Waals surface area contributed by atoms with Crippen LogP contribution in [0.2, 0.25) is 0 Å². The van der Waals surface area contributed by atoms with Gasteiger partial charge in [-0.1, -0.05) is 13.8 Å². The maximum Gasteiger partial charge on any atom is 0.0113 e. The number of nitrogens with zero attached hydrogens (tertiary/aromatic N) is 5. The van der Waals surface area contributed by atoms with E-state index in [9.17, 15) is 0 Å². The van der Waals surface area contributed by atoms with Crippen molar-refractivity contribution in [3.05, 3.63) is 0 Å². The Balaban J connectivity index is 0.000000211. The van der Waals surface area contributed by atoms with Gasteiger partial charge in [0.05, 0.1) is 0 Å². The van der Waals surface area contributed by atoms with E-state index in [1.54, 1.807) is 0 Å². The van der Waals surface area contributed by atoms with E-state index in [0.29, 0.717) is 0 Å². The molecule has 0 aromatic rings. The number of hydrogen-bond donors (Lipinski definition) is 0. The van der Waals surface area contributed by atoms with Crippen molar-refractivity contribution in [3.8, 4) is 0 Å². The summed E-state index contributed by atoms with van der Waals surface area (Å²) in [6.45, 7) is 34.5. The first-order valence-corrected chi connectivity index (χ1v) is 16.8. The van der Waals surface area contributed by atoms with E-state index >= 15 is 0 Å². The van der Waals surface area contributed by atoms with Crippen molar-refractivity contribution in [1.29, 1.82) is 0 Å². The summed E-state index contributed by atoms with van der Waals surface area (Å²) in [5.41, 5.74) is 0. The smallest absolute Gasteiger partial charge is 0.0113 e. The molecule has 5 heteroatoms. The van der Waals surface area contributed by atoms with Gasteiger partial charge in [-0.3, -0.25) is 4.90 Å². The summed E-state index contributed by atoms with van der Waals surface area (Å²) >= 11 is 0. The molecule has 0 bridgehead atoms. The Labute approximate surface area is 238 Å². The van der Waals surface area contributed by atoms with Gasteiger partial charge in [0.2, 0.25) is 0 Å². The number of likely N-dealkylation sites (tertiary alicyclic amines) is 3. The summed E-state index contributed by atoms with van der Waals surface area (Å²) in [5.74, 6) is 3.78. The molecule has 0 unspecified atom stereocenters. The Hall–Kier alpha value is -0.200. The summed E-state index contributed by atoms with van der Waals surface area (Å²) in [6, 6.07) is 2.19. The van der Waals surface area contributed by atoms with E-state index in [2.05, 4.69) is 79.9 Å². The van der Waals surface area contributed by atoms with Crippen molar-refractivity contribution in [3.63, 3.8) is 0 Å². The van der Waals surface area contributed by atoms with Crippen molar-refractivity contribution in [2.75, 3.05) is 78.5 Å². The zero-order valence-electron chi connectivity index (χ0n) is 27.0. The maximum absolute atomic E-state index is 2.74. The van der Waals surface area contributed by atoms with Crippen LogP contribution in [0, 0.1) is 23.7 Å². The van der Waals surface area contributed by atoms with Gasteiger partial charge in [0.25, 0.3) is 0 Å². The summed E-state index contributed by atoms with van der Waals surface area (Å²) in [4.78, 5) is 13.3. The molecule has 0 aliphatic carbocycles. The molecule has 38 heavy (non-hydrogen) atoms. The zero-order valence-corrected chi connectivity index (χ0v) is 27.0. The molecule has 4 rings (SSSR count). The normalized spacial score (nSPS) is 25.6. The first-order chi connectivity index (χ1) is 18.1. The molecule has 4 heterocycles. The fraction of sp³-hybridized carbons (Fsp3) is 1.00. The summed E-state index contributed by atoms with van der Waals surface area (Å²) in [5, 5.41) is 0. The van der Waals surface area contributed by atoms with Crippen LogP contribution in [0.5, 0.6) is 0 Å². The molecule has 0 aromatic carbocycles. The van der Waals surface area contributed by atoms with Gasteiger partial charge in [0.15, 0.2) is 0 Å². The van der Waals surface area contributed by atoms with E-state index in [4.69, 9.17) is 0 Å². The van der Waals surface area contributed by atoms with Gasteiger partial charge < -0.3 is 19.6 Å². The Kier molecular flexibility index (Phi) is 13.9. The lowest BCUT2D eigenvalue weighted by atomic mass is 9.86. The second-order valence-corrected chi connectivity index (χ2v) is 14.5. The topological polar surface area (TPSA) is 16.2 Å². The third-order valence-corrected chi connectivity index (χ3v) is 10.5. The molecule has 0 atom stereocenters. The minimum absolute atomic E-state index is 0.719. The monoisotopic (exact) mass is 534 g/mol. The summed E-state index contributed by atoms with van der Waals surface area (Å²) in [7, 11) is 0. The third kappa shape index (κ3) is 10.7. The van der Waals surface area contributed by atoms with Crippen LogP contribution in [0.4, 0.5) is 0 Å². The molecule has 0 saturated carbocycles. The lowest BCUT2D eigenvalue weighted by Gasteiger charge is -2.40. The van der Waals surface area contributed by atoms with E-state index in [1.807, 2.05) is 0 Å². The van der Waals surface area contributed by atoms with Crippen LogP contribution >= 0.6 is 0 Å². The van der Waals surface area contributed by atoms with Crippen LogP contribution in [-0.4, -0.2) is 121 Å². The molecule has 0 radical (unpaired) electrons. The van der Waals surface area contributed by atoms with Crippen molar-refractivity contribution in [2.45, 2.75) is 112 Å². The predicted molar refractivity (Wildman–Crippen MR) is 166 cm³/mol. The van der Waals surface area contributed by atoms with E-state index in [1.165, 1.54) is 117 Å². The van der Waals surface area contributed by atoms with E-state index in [-0.39, 0.29) is 0 Å². The molecule has 0 aromatic heterocycles. The van der Waals surface area contributed by atoms with Crippen molar-refractivity contribution >= 4 is 0 Å². The van der Waals surface area contributed by atoms with E-state index in [0.717, 1.165) is 41.8 Å². The van der Waals surface area contributed by atoms with Crippen LogP contribution in [0.15, 0.2) is 0 Å². The average Bonchev–Trinajstić information content (AvgIpc) is 2.90. The molecule has 0 N–H and O–H groups in total. The lowest BCUT2D eigenvalue weighted by molar-refractivity contribution is 0.0758. The van der Waals surface area contributed by atoms with E-state index < -0.39 is 0 Å². The Morgan fingerprint density at radius 1 is 0.421 bits per heavy atom. The van der Waals surface area contributed by atoms with Crippen LogP contribution < -0.4 is 0 Å². The van der Waals surface area contributed by atoms with Gasteiger partial charge in [-0.2, -0.15) is 0 Å². The fourth-order valence-corrected chi connectivity index (χ4v) is 7.30. The summed E-state index contributed by atoms with van der Waals surface area (Å²) in [6.07, 6.45) is 8.51. The van der Waals surface area contributed by atoms with Crippen LogP contribution in [-0.2, 0) is 0 Å². The first kappa shape index (κ1) is 32.3. The first-order valence-electron chi connectivity index (χ1n) is 16.8. The number of rotatable bonds is 8. The maximum atomic E-state index is 2.74. The Morgan fingerprint density at radius 3 is 1.11 bits per heavy atom. The quantitative estimate of drug-likeness (QED) is 0.402. The Bertz CT molecular complexity index is 497. The Morgan fingerprint density at radius 2 is 0.763 bits per heavy atom. The fourth-order valence-electron chi connectivity index (χ4n) is 7.30. The molecule has 4 aliphatic rings. The van der Waals surface area contributed by atoms with Crippen LogP contribution in [0.1, 0.15) is 93.9 Å². The highest BCUT2D eigenvalue weighted by Crippen LogP contribution is 2.27. The zero-order chi connectivity index (χ0) is 27.7. The van der Waals surface area contributed by atoms with Gasteiger partial charge in [-0.15, -0.1) is 0 Å². The second-order valence-electron chi connectivity index (χ2n) is 14.5. The molecule has 5 nitrogen and oxygen atoms in total. The van der Waals surface area contributed by atoms with Crippen LogP contribution in [0.25, 0.3) is 0 Å². The van der Waals surface area contributed by atoms with Gasteiger partial charge in [-0.25, -0.2) is 0 Å². The SMILES string of the molecule is CC(C)C1CCN(CC2CCN(C(C)C)CC2)CC1.CC(C)N1CCC(CN2CCN(C(C)C)CC2)CC1. The molecule has 4 saturated heterocycles. The molecule has 4 fully saturated rings. The molecule has 0 amide bonds. The number of piperidine rings is 3. The van der Waals surface area contributed by atoms with Gasteiger partial charge in [0.1, 0.15) is 0 Å². The molecular weight excluding hydrogens is 466 g/mol. The van der Waals surface area contributed by atoms with Crippen molar-refractivity contribution in [2.24, 2.45) is 23.7 Å².